The Labute approximate surface area is 160 Å². The highest BCUT2D eigenvalue weighted by atomic mass is 32.2. The molecule has 6 nitrogen and oxygen atoms in total. The molecule has 0 fully saturated rings. The van der Waals surface area contributed by atoms with Crippen LogP contribution in [-0.4, -0.2) is 28.9 Å². The minimum Gasteiger partial charge on any atom is -0.481 e. The molecule has 0 aliphatic carbocycles. The maximum Gasteiger partial charge on any atom is 0.277 e. The minimum absolute atomic E-state index is 0.0819. The van der Waals surface area contributed by atoms with E-state index in [4.69, 9.17) is 9.15 Å². The molecular formula is C19H18FN3O3S. The number of benzene rings is 2. The van der Waals surface area contributed by atoms with Gasteiger partial charge in [0.05, 0.1) is 5.75 Å². The Morgan fingerprint density at radius 1 is 1.19 bits per heavy atom. The topological polar surface area (TPSA) is 68.5 Å². The van der Waals surface area contributed by atoms with Gasteiger partial charge < -0.3 is 14.1 Å². The van der Waals surface area contributed by atoms with Crippen molar-refractivity contribution in [3.05, 3.63) is 66.3 Å². The number of ether oxygens (including phenoxy) is 1. The first kappa shape index (κ1) is 18.9. The van der Waals surface area contributed by atoms with Crippen LogP contribution >= 0.6 is 11.8 Å². The molecule has 1 heterocycles. The predicted molar refractivity (Wildman–Crippen MR) is 100 cm³/mol. The zero-order valence-electron chi connectivity index (χ0n) is 14.8. The third-order valence-electron chi connectivity index (χ3n) is 3.73. The standard InChI is InChI=1S/C19H18FN3O3S/c1-13(25-16-10-8-14(20)9-11-16)18-21-22-19(26-18)27-12-17(24)23(2)15-6-4-3-5-7-15/h3-11,13H,12H2,1-2H3/t13-/m0/s1. The fourth-order valence-corrected chi connectivity index (χ4v) is 2.91. The monoisotopic (exact) mass is 387 g/mol. The van der Waals surface area contributed by atoms with E-state index in [1.807, 2.05) is 30.3 Å². The molecule has 1 atom stereocenters. The normalized spacial score (nSPS) is 11.8. The molecule has 27 heavy (non-hydrogen) atoms. The van der Waals surface area contributed by atoms with Crippen LogP contribution in [0.1, 0.15) is 18.9 Å². The van der Waals surface area contributed by atoms with E-state index in [2.05, 4.69) is 10.2 Å². The van der Waals surface area contributed by atoms with E-state index in [1.54, 1.807) is 18.9 Å². The second-order valence-corrected chi connectivity index (χ2v) is 6.62. The third-order valence-corrected chi connectivity index (χ3v) is 4.54. The summed E-state index contributed by atoms with van der Waals surface area (Å²) >= 11 is 1.16. The van der Waals surface area contributed by atoms with Gasteiger partial charge in [0.25, 0.3) is 11.1 Å². The highest BCUT2D eigenvalue weighted by molar-refractivity contribution is 7.99. The van der Waals surface area contributed by atoms with E-state index >= 15 is 0 Å². The summed E-state index contributed by atoms with van der Waals surface area (Å²) in [6.45, 7) is 1.75. The van der Waals surface area contributed by atoms with Crippen LogP contribution < -0.4 is 9.64 Å². The molecule has 0 saturated heterocycles. The summed E-state index contributed by atoms with van der Waals surface area (Å²) < 4.78 is 24.1. The van der Waals surface area contributed by atoms with Gasteiger partial charge in [0.2, 0.25) is 5.91 Å². The molecule has 0 spiro atoms. The molecular weight excluding hydrogens is 369 g/mol. The van der Waals surface area contributed by atoms with Crippen molar-refractivity contribution >= 4 is 23.4 Å². The number of anilines is 1. The summed E-state index contributed by atoms with van der Waals surface area (Å²) in [5.41, 5.74) is 0.815. The Morgan fingerprint density at radius 2 is 1.89 bits per heavy atom. The van der Waals surface area contributed by atoms with E-state index in [0.717, 1.165) is 17.4 Å². The van der Waals surface area contributed by atoms with Gasteiger partial charge in [0.15, 0.2) is 6.10 Å². The van der Waals surface area contributed by atoms with Crippen molar-refractivity contribution in [2.24, 2.45) is 0 Å². The molecule has 2 aromatic carbocycles. The zero-order valence-corrected chi connectivity index (χ0v) is 15.6. The predicted octanol–water partition coefficient (Wildman–Crippen LogP) is 4.10. The van der Waals surface area contributed by atoms with E-state index in [1.165, 1.54) is 24.3 Å². The molecule has 0 aliphatic heterocycles. The Morgan fingerprint density at radius 3 is 2.59 bits per heavy atom. The summed E-state index contributed by atoms with van der Waals surface area (Å²) in [7, 11) is 1.72. The number of para-hydroxylation sites is 1. The number of aromatic nitrogens is 2. The van der Waals surface area contributed by atoms with Crippen molar-refractivity contribution in [1.82, 2.24) is 10.2 Å². The van der Waals surface area contributed by atoms with Gasteiger partial charge in [0.1, 0.15) is 11.6 Å². The van der Waals surface area contributed by atoms with Crippen LogP contribution in [0.2, 0.25) is 0 Å². The molecule has 140 valence electrons. The Hall–Kier alpha value is -2.87. The van der Waals surface area contributed by atoms with E-state index in [-0.39, 0.29) is 28.6 Å². The first-order chi connectivity index (χ1) is 13.0. The van der Waals surface area contributed by atoms with Gasteiger partial charge in [-0.2, -0.15) is 0 Å². The molecule has 3 rings (SSSR count). The van der Waals surface area contributed by atoms with E-state index < -0.39 is 6.10 Å². The number of amides is 1. The lowest BCUT2D eigenvalue weighted by atomic mass is 10.3. The summed E-state index contributed by atoms with van der Waals surface area (Å²) in [5, 5.41) is 8.17. The van der Waals surface area contributed by atoms with Gasteiger partial charge in [-0.1, -0.05) is 30.0 Å². The summed E-state index contributed by atoms with van der Waals surface area (Å²) in [4.78, 5) is 13.9. The number of hydrogen-bond acceptors (Lipinski definition) is 6. The smallest absolute Gasteiger partial charge is 0.277 e. The molecule has 0 aliphatic rings. The molecule has 1 aromatic heterocycles. The Bertz CT molecular complexity index is 887. The lowest BCUT2D eigenvalue weighted by Crippen LogP contribution is -2.27. The largest absolute Gasteiger partial charge is 0.481 e. The lowest BCUT2D eigenvalue weighted by molar-refractivity contribution is -0.115. The van der Waals surface area contributed by atoms with Crippen LogP contribution in [0.3, 0.4) is 0 Å². The fraction of sp³-hybridized carbons (Fsp3) is 0.211. The van der Waals surface area contributed by atoms with Gasteiger partial charge >= 0.3 is 0 Å². The number of hydrogen-bond donors (Lipinski definition) is 0. The number of carbonyl (C=O) groups excluding carboxylic acids is 1. The molecule has 0 radical (unpaired) electrons. The van der Waals surface area contributed by atoms with Gasteiger partial charge in [0, 0.05) is 12.7 Å². The number of nitrogens with zero attached hydrogens (tertiary/aromatic N) is 3. The van der Waals surface area contributed by atoms with Crippen molar-refractivity contribution in [1.29, 1.82) is 0 Å². The van der Waals surface area contributed by atoms with Crippen molar-refractivity contribution in [3.63, 3.8) is 0 Å². The van der Waals surface area contributed by atoms with Gasteiger partial charge in [-0.05, 0) is 43.3 Å². The minimum atomic E-state index is -0.500. The maximum atomic E-state index is 12.9. The highest BCUT2D eigenvalue weighted by Gasteiger charge is 2.18. The van der Waals surface area contributed by atoms with Crippen molar-refractivity contribution < 1.29 is 18.3 Å². The fourth-order valence-electron chi connectivity index (χ4n) is 2.23. The van der Waals surface area contributed by atoms with Crippen LogP contribution in [0, 0.1) is 5.82 Å². The lowest BCUT2D eigenvalue weighted by Gasteiger charge is -2.16. The number of halogens is 1. The summed E-state index contributed by atoms with van der Waals surface area (Å²) in [6.07, 6.45) is -0.500. The maximum absolute atomic E-state index is 12.9. The van der Waals surface area contributed by atoms with Crippen LogP contribution in [-0.2, 0) is 4.79 Å². The van der Waals surface area contributed by atoms with Crippen LogP contribution in [0.25, 0.3) is 0 Å². The molecule has 1 amide bonds. The second-order valence-electron chi connectivity index (χ2n) is 5.70. The number of rotatable bonds is 7. The van der Waals surface area contributed by atoms with E-state index in [9.17, 15) is 9.18 Å². The molecule has 0 N–H and O–H groups in total. The average Bonchev–Trinajstić information content (AvgIpc) is 3.17. The molecule has 0 saturated carbocycles. The Kier molecular flexibility index (Phi) is 6.08. The number of carbonyl (C=O) groups is 1. The van der Waals surface area contributed by atoms with Crippen LogP contribution in [0.4, 0.5) is 10.1 Å². The van der Waals surface area contributed by atoms with Crippen molar-refractivity contribution in [2.75, 3.05) is 17.7 Å². The third kappa shape index (κ3) is 5.07. The number of thioether (sulfide) groups is 1. The molecule has 8 heteroatoms. The quantitative estimate of drug-likeness (QED) is 0.569. The van der Waals surface area contributed by atoms with Crippen molar-refractivity contribution in [3.8, 4) is 5.75 Å². The van der Waals surface area contributed by atoms with Gasteiger partial charge in [-0.25, -0.2) is 4.39 Å². The average molecular weight is 387 g/mol. The van der Waals surface area contributed by atoms with Crippen LogP contribution in [0.15, 0.2) is 64.2 Å². The first-order valence-corrected chi connectivity index (χ1v) is 9.21. The zero-order chi connectivity index (χ0) is 19.2. The molecule has 0 unspecified atom stereocenters. The summed E-state index contributed by atoms with van der Waals surface area (Å²) in [5.74, 6) is 0.528. The van der Waals surface area contributed by atoms with Crippen molar-refractivity contribution in [2.45, 2.75) is 18.3 Å². The molecule has 0 bridgehead atoms. The Balaban J connectivity index is 1.54. The molecule has 3 aromatic rings. The first-order valence-electron chi connectivity index (χ1n) is 8.23. The van der Waals surface area contributed by atoms with Gasteiger partial charge in [-0.15, -0.1) is 10.2 Å². The van der Waals surface area contributed by atoms with Crippen LogP contribution in [0.5, 0.6) is 5.75 Å². The van der Waals surface area contributed by atoms with E-state index in [0.29, 0.717) is 5.75 Å². The summed E-state index contributed by atoms with van der Waals surface area (Å²) in [6, 6.07) is 15.0. The second kappa shape index (κ2) is 8.68. The van der Waals surface area contributed by atoms with Gasteiger partial charge in [-0.3, -0.25) is 4.79 Å². The SMILES string of the molecule is C[C@H](Oc1ccc(F)cc1)c1nnc(SCC(=O)N(C)c2ccccc2)o1. The highest BCUT2D eigenvalue weighted by Crippen LogP contribution is 2.24.